The van der Waals surface area contributed by atoms with Crippen LogP contribution in [-0.4, -0.2) is 32.3 Å². The van der Waals surface area contributed by atoms with Crippen molar-refractivity contribution < 1.29 is 9.90 Å². The Balaban J connectivity index is 1.64. The Kier molecular flexibility index (Phi) is 4.90. The average Bonchev–Trinajstić information content (AvgIpc) is 2.98. The average molecular weight is 336 g/mol. The third kappa shape index (κ3) is 3.92. The van der Waals surface area contributed by atoms with Crippen LogP contribution < -0.4 is 5.32 Å². The predicted molar refractivity (Wildman–Crippen MR) is 94.6 cm³/mol. The highest BCUT2D eigenvalue weighted by Crippen LogP contribution is 2.14. The third-order valence-electron chi connectivity index (χ3n) is 3.91. The lowest BCUT2D eigenvalue weighted by Crippen LogP contribution is -2.28. The summed E-state index contributed by atoms with van der Waals surface area (Å²) in [4.78, 5) is 16.2. The number of hydrogen-bond acceptors (Lipinski definition) is 4. The molecule has 2 N–H and O–H groups in total. The van der Waals surface area contributed by atoms with E-state index in [-0.39, 0.29) is 12.5 Å². The minimum Gasteiger partial charge on any atom is -0.387 e. The summed E-state index contributed by atoms with van der Waals surface area (Å²) in [5.74, 6) is -0.233. The summed E-state index contributed by atoms with van der Waals surface area (Å²) in [7, 11) is 0. The summed E-state index contributed by atoms with van der Waals surface area (Å²) < 4.78 is 1.84. The number of aryl methyl sites for hydroxylation is 2. The molecule has 2 aromatic heterocycles. The molecule has 1 amide bonds. The Morgan fingerprint density at radius 3 is 2.60 bits per heavy atom. The molecule has 1 aromatic carbocycles. The number of rotatable bonds is 5. The standard InChI is InChI=1S/C19H20N4O2/c1-13-10-14(2)23(22-13)17-7-5-15(6-8-17)19(25)21-12-18(24)16-4-3-9-20-11-16/h3-11,18,24H,12H2,1-2H3,(H,21,25)/t18-/m0/s1. The molecule has 3 rings (SSSR count). The van der Waals surface area contributed by atoms with E-state index < -0.39 is 6.10 Å². The molecule has 0 aliphatic heterocycles. The first-order valence-electron chi connectivity index (χ1n) is 8.04. The number of nitrogens with zero attached hydrogens (tertiary/aromatic N) is 3. The van der Waals surface area contributed by atoms with Gasteiger partial charge in [0.25, 0.3) is 5.91 Å². The van der Waals surface area contributed by atoms with Gasteiger partial charge in [-0.3, -0.25) is 9.78 Å². The van der Waals surface area contributed by atoms with E-state index in [9.17, 15) is 9.90 Å². The summed E-state index contributed by atoms with van der Waals surface area (Å²) in [6, 6.07) is 12.7. The molecule has 0 bridgehead atoms. The van der Waals surface area contributed by atoms with Gasteiger partial charge in [-0.2, -0.15) is 5.10 Å². The van der Waals surface area contributed by atoms with E-state index >= 15 is 0 Å². The maximum atomic E-state index is 12.2. The maximum Gasteiger partial charge on any atom is 0.251 e. The lowest BCUT2D eigenvalue weighted by atomic mass is 10.1. The van der Waals surface area contributed by atoms with Crippen molar-refractivity contribution in [3.05, 3.63) is 77.4 Å². The molecule has 6 heteroatoms. The van der Waals surface area contributed by atoms with Gasteiger partial charge in [-0.15, -0.1) is 0 Å². The highest BCUT2D eigenvalue weighted by atomic mass is 16.3. The van der Waals surface area contributed by atoms with Crippen LogP contribution >= 0.6 is 0 Å². The minimum absolute atomic E-state index is 0.129. The number of pyridine rings is 1. The van der Waals surface area contributed by atoms with Gasteiger partial charge in [0.1, 0.15) is 0 Å². The monoisotopic (exact) mass is 336 g/mol. The predicted octanol–water partition coefficient (Wildman–Crippen LogP) is 2.35. The fraction of sp³-hybridized carbons (Fsp3) is 0.211. The van der Waals surface area contributed by atoms with Crippen molar-refractivity contribution in [2.75, 3.05) is 6.54 Å². The molecule has 0 unspecified atom stereocenters. The van der Waals surface area contributed by atoms with E-state index in [1.807, 2.05) is 36.7 Å². The normalized spacial score (nSPS) is 12.0. The first-order valence-corrected chi connectivity index (χ1v) is 8.04. The topological polar surface area (TPSA) is 80.0 Å². The summed E-state index contributed by atoms with van der Waals surface area (Å²) >= 11 is 0. The van der Waals surface area contributed by atoms with Gasteiger partial charge in [0.15, 0.2) is 0 Å². The molecule has 128 valence electrons. The SMILES string of the molecule is Cc1cc(C)n(-c2ccc(C(=O)NC[C@H](O)c3cccnc3)cc2)n1. The van der Waals surface area contributed by atoms with Gasteiger partial charge in [-0.1, -0.05) is 6.07 Å². The van der Waals surface area contributed by atoms with Crippen LogP contribution in [0.25, 0.3) is 5.69 Å². The number of nitrogens with one attached hydrogen (secondary N) is 1. The third-order valence-corrected chi connectivity index (χ3v) is 3.91. The van der Waals surface area contributed by atoms with Crippen molar-refractivity contribution in [3.8, 4) is 5.69 Å². The van der Waals surface area contributed by atoms with E-state index in [4.69, 9.17) is 0 Å². The van der Waals surface area contributed by atoms with Gasteiger partial charge in [0, 0.05) is 35.8 Å². The first kappa shape index (κ1) is 16.9. The van der Waals surface area contributed by atoms with Crippen molar-refractivity contribution in [1.29, 1.82) is 0 Å². The zero-order chi connectivity index (χ0) is 17.8. The molecule has 0 aliphatic carbocycles. The quantitative estimate of drug-likeness (QED) is 0.749. The highest BCUT2D eigenvalue weighted by molar-refractivity contribution is 5.94. The lowest BCUT2D eigenvalue weighted by Gasteiger charge is -2.12. The summed E-state index contributed by atoms with van der Waals surface area (Å²) in [6.45, 7) is 4.06. The molecule has 25 heavy (non-hydrogen) atoms. The lowest BCUT2D eigenvalue weighted by molar-refractivity contribution is 0.0916. The van der Waals surface area contributed by atoms with Crippen LogP contribution in [0.1, 0.15) is 33.4 Å². The smallest absolute Gasteiger partial charge is 0.251 e. The Morgan fingerprint density at radius 2 is 2.00 bits per heavy atom. The Morgan fingerprint density at radius 1 is 1.24 bits per heavy atom. The van der Waals surface area contributed by atoms with Crippen molar-refractivity contribution in [1.82, 2.24) is 20.1 Å². The van der Waals surface area contributed by atoms with Crippen molar-refractivity contribution in [3.63, 3.8) is 0 Å². The number of aliphatic hydroxyl groups excluding tert-OH is 1. The van der Waals surface area contributed by atoms with Crippen LogP contribution in [0.3, 0.4) is 0 Å². The molecule has 0 radical (unpaired) electrons. The van der Waals surface area contributed by atoms with Gasteiger partial charge < -0.3 is 10.4 Å². The van der Waals surface area contributed by atoms with Crippen LogP contribution in [0.5, 0.6) is 0 Å². The molecule has 3 aromatic rings. The van der Waals surface area contributed by atoms with Gasteiger partial charge >= 0.3 is 0 Å². The Labute approximate surface area is 146 Å². The van der Waals surface area contributed by atoms with E-state index in [0.29, 0.717) is 11.1 Å². The molecule has 0 saturated heterocycles. The van der Waals surface area contributed by atoms with E-state index in [1.165, 1.54) is 0 Å². The van der Waals surface area contributed by atoms with E-state index in [2.05, 4.69) is 15.4 Å². The number of aromatic nitrogens is 3. The second kappa shape index (κ2) is 7.27. The van der Waals surface area contributed by atoms with Gasteiger partial charge in [-0.25, -0.2) is 4.68 Å². The second-order valence-corrected chi connectivity index (χ2v) is 5.90. The van der Waals surface area contributed by atoms with Gasteiger partial charge in [0.2, 0.25) is 0 Å². The molecule has 2 heterocycles. The summed E-state index contributed by atoms with van der Waals surface area (Å²) in [5, 5.41) is 17.2. The second-order valence-electron chi connectivity index (χ2n) is 5.90. The number of carbonyl (C=O) groups excluding carboxylic acids is 1. The minimum atomic E-state index is -0.786. The highest BCUT2D eigenvalue weighted by Gasteiger charge is 2.11. The number of hydrogen-bond donors (Lipinski definition) is 2. The maximum absolute atomic E-state index is 12.2. The fourth-order valence-electron chi connectivity index (χ4n) is 2.63. The van der Waals surface area contributed by atoms with Crippen molar-refractivity contribution in [2.24, 2.45) is 0 Å². The molecule has 1 atom stereocenters. The van der Waals surface area contributed by atoms with Crippen LogP contribution in [0, 0.1) is 13.8 Å². The van der Waals surface area contributed by atoms with Gasteiger partial charge in [-0.05, 0) is 50.2 Å². The van der Waals surface area contributed by atoms with Crippen LogP contribution in [-0.2, 0) is 0 Å². The summed E-state index contributed by atoms with van der Waals surface area (Å²) in [6.07, 6.45) is 2.44. The van der Waals surface area contributed by atoms with Crippen LogP contribution in [0.2, 0.25) is 0 Å². The zero-order valence-electron chi connectivity index (χ0n) is 14.2. The van der Waals surface area contributed by atoms with E-state index in [0.717, 1.165) is 17.1 Å². The van der Waals surface area contributed by atoms with Crippen molar-refractivity contribution in [2.45, 2.75) is 20.0 Å². The molecule has 0 saturated carbocycles. The molecule has 0 aliphatic rings. The molecule has 0 spiro atoms. The number of aliphatic hydroxyl groups is 1. The number of amides is 1. The van der Waals surface area contributed by atoms with E-state index in [1.54, 1.807) is 36.7 Å². The van der Waals surface area contributed by atoms with Crippen LogP contribution in [0.15, 0.2) is 54.9 Å². The molecule has 0 fully saturated rings. The molecule has 6 nitrogen and oxygen atoms in total. The van der Waals surface area contributed by atoms with Gasteiger partial charge in [0.05, 0.1) is 17.5 Å². The first-order chi connectivity index (χ1) is 12.0. The zero-order valence-corrected chi connectivity index (χ0v) is 14.2. The Hall–Kier alpha value is -2.99. The number of benzene rings is 1. The largest absolute Gasteiger partial charge is 0.387 e. The fourth-order valence-corrected chi connectivity index (χ4v) is 2.63. The van der Waals surface area contributed by atoms with Crippen molar-refractivity contribution >= 4 is 5.91 Å². The van der Waals surface area contributed by atoms with Crippen LogP contribution in [0.4, 0.5) is 0 Å². The summed E-state index contributed by atoms with van der Waals surface area (Å²) in [5.41, 5.74) is 4.09. The molecular formula is C19H20N4O2. The molecular weight excluding hydrogens is 316 g/mol. The Bertz CT molecular complexity index is 857. The number of carbonyl (C=O) groups is 1.